The number of aryl methyl sites for hydroxylation is 1. The van der Waals surface area contributed by atoms with E-state index in [-0.39, 0.29) is 0 Å². The highest BCUT2D eigenvalue weighted by Gasteiger charge is 2.11. The number of aromatic nitrogens is 5. The van der Waals surface area contributed by atoms with Gasteiger partial charge in [0.15, 0.2) is 0 Å². The maximum atomic E-state index is 4.59. The fourth-order valence-electron chi connectivity index (χ4n) is 1.87. The van der Waals surface area contributed by atoms with Crippen LogP contribution in [0.1, 0.15) is 18.9 Å². The molecule has 3 heterocycles. The van der Waals surface area contributed by atoms with Crippen molar-refractivity contribution in [2.24, 2.45) is 13.0 Å². The Kier molecular flexibility index (Phi) is 2.66. The lowest BCUT2D eigenvalue weighted by atomic mass is 10.1. The van der Waals surface area contributed by atoms with E-state index >= 15 is 0 Å². The van der Waals surface area contributed by atoms with Crippen LogP contribution in [0.25, 0.3) is 16.2 Å². The van der Waals surface area contributed by atoms with E-state index in [2.05, 4.69) is 29.0 Å². The summed E-state index contributed by atoms with van der Waals surface area (Å²) in [5.74, 6) is 0.624. The van der Waals surface area contributed by atoms with Gasteiger partial charge in [0, 0.05) is 25.2 Å². The van der Waals surface area contributed by atoms with Gasteiger partial charge in [0.1, 0.15) is 5.01 Å². The number of hydrogen-bond donors (Lipinski definition) is 0. The molecule has 0 radical (unpaired) electrons. The molecule has 3 aromatic rings. The third-order valence-electron chi connectivity index (χ3n) is 2.67. The standard InChI is InChI=1S/C12H15N5S/c1-8(2)4-11-15-17-7-10(14-12(17)18-11)9-5-13-16(3)6-9/h5-8H,4H2,1-3H3. The molecular weight excluding hydrogens is 246 g/mol. The number of rotatable bonds is 3. The maximum absolute atomic E-state index is 4.59. The summed E-state index contributed by atoms with van der Waals surface area (Å²) in [4.78, 5) is 5.54. The molecule has 0 unspecified atom stereocenters. The average Bonchev–Trinajstić information content (AvgIpc) is 2.90. The first-order chi connectivity index (χ1) is 8.61. The minimum atomic E-state index is 0.624. The van der Waals surface area contributed by atoms with Crippen molar-refractivity contribution in [1.29, 1.82) is 0 Å². The van der Waals surface area contributed by atoms with E-state index in [0.717, 1.165) is 27.6 Å². The van der Waals surface area contributed by atoms with Crippen LogP contribution in [0.15, 0.2) is 18.6 Å². The highest BCUT2D eigenvalue weighted by atomic mass is 32.1. The van der Waals surface area contributed by atoms with E-state index in [1.807, 2.05) is 30.2 Å². The van der Waals surface area contributed by atoms with Crippen LogP contribution in [-0.2, 0) is 13.5 Å². The topological polar surface area (TPSA) is 48.0 Å². The van der Waals surface area contributed by atoms with Crippen LogP contribution >= 0.6 is 11.3 Å². The monoisotopic (exact) mass is 261 g/mol. The normalized spacial score (nSPS) is 11.8. The summed E-state index contributed by atoms with van der Waals surface area (Å²) < 4.78 is 3.64. The third kappa shape index (κ3) is 2.03. The molecule has 0 aliphatic carbocycles. The van der Waals surface area contributed by atoms with Crippen LogP contribution in [-0.4, -0.2) is 24.4 Å². The predicted octanol–water partition coefficient (Wildman–Crippen LogP) is 2.39. The molecule has 0 amide bonds. The zero-order valence-corrected chi connectivity index (χ0v) is 11.5. The van der Waals surface area contributed by atoms with Gasteiger partial charge in [-0.3, -0.25) is 4.68 Å². The molecule has 0 atom stereocenters. The largest absolute Gasteiger partial charge is 0.275 e. The molecule has 5 nitrogen and oxygen atoms in total. The van der Waals surface area contributed by atoms with Gasteiger partial charge in [-0.1, -0.05) is 25.2 Å². The van der Waals surface area contributed by atoms with Crippen LogP contribution in [0.3, 0.4) is 0 Å². The minimum absolute atomic E-state index is 0.624. The molecule has 6 heteroatoms. The van der Waals surface area contributed by atoms with Gasteiger partial charge in [-0.05, 0) is 5.92 Å². The SMILES string of the molecule is CC(C)Cc1nn2cc(-c3cnn(C)c3)nc2s1. The van der Waals surface area contributed by atoms with Crippen LogP contribution < -0.4 is 0 Å². The van der Waals surface area contributed by atoms with E-state index in [0.29, 0.717) is 5.92 Å². The summed E-state index contributed by atoms with van der Waals surface area (Å²) in [6.45, 7) is 4.40. The molecule has 0 spiro atoms. The Morgan fingerprint density at radius 2 is 2.17 bits per heavy atom. The third-order valence-corrected chi connectivity index (χ3v) is 3.61. The quantitative estimate of drug-likeness (QED) is 0.727. The Hall–Kier alpha value is -1.69. The van der Waals surface area contributed by atoms with E-state index in [1.54, 1.807) is 16.0 Å². The number of nitrogens with zero attached hydrogens (tertiary/aromatic N) is 5. The van der Waals surface area contributed by atoms with Crippen molar-refractivity contribution >= 4 is 16.3 Å². The zero-order chi connectivity index (χ0) is 12.7. The molecule has 0 saturated carbocycles. The van der Waals surface area contributed by atoms with Gasteiger partial charge in [0.05, 0.1) is 18.1 Å². The fourth-order valence-corrected chi connectivity index (χ4v) is 2.95. The van der Waals surface area contributed by atoms with Crippen molar-refractivity contribution in [1.82, 2.24) is 24.4 Å². The van der Waals surface area contributed by atoms with Gasteiger partial charge in [-0.15, -0.1) is 0 Å². The van der Waals surface area contributed by atoms with Gasteiger partial charge in [0.2, 0.25) is 4.96 Å². The molecule has 0 fully saturated rings. The molecule has 94 valence electrons. The molecule has 18 heavy (non-hydrogen) atoms. The lowest BCUT2D eigenvalue weighted by Gasteiger charge is -1.97. The molecule has 0 aromatic carbocycles. The second-order valence-corrected chi connectivity index (χ2v) is 5.89. The molecule has 0 aliphatic heterocycles. The van der Waals surface area contributed by atoms with Crippen LogP contribution in [0.4, 0.5) is 0 Å². The highest BCUT2D eigenvalue weighted by molar-refractivity contribution is 7.16. The van der Waals surface area contributed by atoms with E-state index in [4.69, 9.17) is 0 Å². The minimum Gasteiger partial charge on any atom is -0.275 e. The van der Waals surface area contributed by atoms with Gasteiger partial charge < -0.3 is 0 Å². The second-order valence-electron chi connectivity index (χ2n) is 4.85. The van der Waals surface area contributed by atoms with Crippen molar-refractivity contribution in [2.75, 3.05) is 0 Å². The van der Waals surface area contributed by atoms with Crippen molar-refractivity contribution < 1.29 is 0 Å². The average molecular weight is 261 g/mol. The van der Waals surface area contributed by atoms with Crippen molar-refractivity contribution in [3.05, 3.63) is 23.6 Å². The van der Waals surface area contributed by atoms with Crippen molar-refractivity contribution in [2.45, 2.75) is 20.3 Å². The number of fused-ring (bicyclic) bond motifs is 1. The first kappa shape index (κ1) is 11.4. The Labute approximate surface area is 109 Å². The molecular formula is C12H15N5S. The molecule has 0 aliphatic rings. The van der Waals surface area contributed by atoms with Gasteiger partial charge in [0.25, 0.3) is 0 Å². The van der Waals surface area contributed by atoms with Crippen LogP contribution in [0.2, 0.25) is 0 Å². The summed E-state index contributed by atoms with van der Waals surface area (Å²) in [7, 11) is 1.90. The van der Waals surface area contributed by atoms with E-state index in [9.17, 15) is 0 Å². The Morgan fingerprint density at radius 1 is 1.33 bits per heavy atom. The van der Waals surface area contributed by atoms with Gasteiger partial charge in [-0.2, -0.15) is 10.2 Å². The predicted molar refractivity (Wildman–Crippen MR) is 71.6 cm³/mol. The molecule has 0 bridgehead atoms. The van der Waals surface area contributed by atoms with E-state index < -0.39 is 0 Å². The first-order valence-corrected chi connectivity index (χ1v) is 6.77. The molecule has 0 N–H and O–H groups in total. The smallest absolute Gasteiger partial charge is 0.212 e. The van der Waals surface area contributed by atoms with Crippen LogP contribution in [0.5, 0.6) is 0 Å². The fraction of sp³-hybridized carbons (Fsp3) is 0.417. The highest BCUT2D eigenvalue weighted by Crippen LogP contribution is 2.22. The number of hydrogen-bond acceptors (Lipinski definition) is 4. The Balaban J connectivity index is 1.95. The Bertz CT molecular complexity index is 644. The number of imidazole rings is 1. The summed E-state index contributed by atoms with van der Waals surface area (Å²) in [5.41, 5.74) is 1.96. The van der Waals surface area contributed by atoms with Gasteiger partial charge in [-0.25, -0.2) is 9.50 Å². The lowest BCUT2D eigenvalue weighted by molar-refractivity contribution is 0.637. The van der Waals surface area contributed by atoms with Crippen LogP contribution in [0, 0.1) is 5.92 Å². The van der Waals surface area contributed by atoms with Gasteiger partial charge >= 0.3 is 0 Å². The summed E-state index contributed by atoms with van der Waals surface area (Å²) in [6, 6.07) is 0. The lowest BCUT2D eigenvalue weighted by Crippen LogP contribution is -1.94. The molecule has 3 rings (SSSR count). The zero-order valence-electron chi connectivity index (χ0n) is 10.7. The maximum Gasteiger partial charge on any atom is 0.212 e. The Morgan fingerprint density at radius 3 is 2.78 bits per heavy atom. The summed E-state index contributed by atoms with van der Waals surface area (Å²) in [6.07, 6.45) is 6.76. The van der Waals surface area contributed by atoms with Crippen molar-refractivity contribution in [3.8, 4) is 11.3 Å². The molecule has 0 saturated heterocycles. The summed E-state index contributed by atoms with van der Waals surface area (Å²) in [5, 5.41) is 9.85. The van der Waals surface area contributed by atoms with Crippen molar-refractivity contribution in [3.63, 3.8) is 0 Å². The summed E-state index contributed by atoms with van der Waals surface area (Å²) >= 11 is 1.66. The van der Waals surface area contributed by atoms with E-state index in [1.165, 1.54) is 0 Å². The second kappa shape index (κ2) is 4.20. The first-order valence-electron chi connectivity index (χ1n) is 5.96. The molecule has 3 aromatic heterocycles.